The minimum absolute atomic E-state index is 0.139. The Morgan fingerprint density at radius 3 is 2.37 bits per heavy atom. The Kier molecular flexibility index (Phi) is 11.4. The number of amides is 2. The van der Waals surface area contributed by atoms with Crippen molar-refractivity contribution in [2.45, 2.75) is 62.8 Å². The number of sulfonamides is 1. The molecule has 10 nitrogen and oxygen atoms in total. The number of piperidine rings is 1. The van der Waals surface area contributed by atoms with E-state index < -0.39 is 16.1 Å². The van der Waals surface area contributed by atoms with Gasteiger partial charge in [0, 0.05) is 37.1 Å². The molecule has 0 saturated carbocycles. The van der Waals surface area contributed by atoms with Gasteiger partial charge < -0.3 is 15.9 Å². The van der Waals surface area contributed by atoms with Gasteiger partial charge in [0.15, 0.2) is 0 Å². The molecule has 1 fully saturated rings. The molecular weight excluding hydrogens is 506 g/mol. The summed E-state index contributed by atoms with van der Waals surface area (Å²) in [5.74, 6) is 0. The molecule has 1 heterocycles. The number of carbonyl (C=O) groups is 2. The second-order valence-corrected chi connectivity index (χ2v) is 11.3. The number of benzene rings is 2. The molecule has 2 aromatic rings. The summed E-state index contributed by atoms with van der Waals surface area (Å²) < 4.78 is 28.1. The highest BCUT2D eigenvalue weighted by atomic mass is 32.2. The number of urea groups is 1. The predicted octanol–water partition coefficient (Wildman–Crippen LogP) is 3.64. The van der Waals surface area contributed by atoms with Crippen molar-refractivity contribution in [2.75, 3.05) is 36.4 Å². The van der Waals surface area contributed by atoms with Crippen molar-refractivity contribution in [3.8, 4) is 0 Å². The maximum atomic E-state index is 13.3. The molecule has 0 bridgehead atoms. The number of rotatable bonds is 14. The number of hydrogen-bond donors (Lipinski definition) is 3. The largest absolute Gasteiger partial charge is 0.382 e. The number of nitrogens with zero attached hydrogens (tertiary/aromatic N) is 2. The fourth-order valence-electron chi connectivity index (χ4n) is 4.53. The monoisotopic (exact) mass is 545 g/mol. The van der Waals surface area contributed by atoms with E-state index in [9.17, 15) is 18.0 Å². The molecule has 0 spiro atoms. The van der Waals surface area contributed by atoms with Crippen LogP contribution in [0.15, 0.2) is 53.4 Å². The van der Waals surface area contributed by atoms with Crippen molar-refractivity contribution < 1.29 is 22.8 Å². The number of nitrogens with two attached hydrogens (primary N) is 1. The zero-order chi connectivity index (χ0) is 27.4. The maximum absolute atomic E-state index is 13.3. The van der Waals surface area contributed by atoms with Crippen LogP contribution in [0.5, 0.6) is 0 Å². The van der Waals surface area contributed by atoms with Gasteiger partial charge in [0.05, 0.1) is 4.90 Å². The zero-order valence-corrected chi connectivity index (χ0v) is 22.8. The van der Waals surface area contributed by atoms with Crippen LogP contribution in [0.4, 0.5) is 16.2 Å². The number of anilines is 2. The van der Waals surface area contributed by atoms with Crippen molar-refractivity contribution in [3.05, 3.63) is 54.1 Å². The van der Waals surface area contributed by atoms with Crippen molar-refractivity contribution >= 4 is 33.9 Å². The molecule has 0 atom stereocenters. The first-order valence-electron chi connectivity index (χ1n) is 13.2. The highest BCUT2D eigenvalue weighted by molar-refractivity contribution is 7.89. The Morgan fingerprint density at radius 1 is 1.08 bits per heavy atom. The average molecular weight is 546 g/mol. The number of unbranched alkanes of at least 4 members (excludes halogenated alkanes) is 3. The van der Waals surface area contributed by atoms with Gasteiger partial charge in [-0.15, -0.1) is 0 Å². The lowest BCUT2D eigenvalue weighted by atomic mass is 10.1. The molecule has 2 amide bonds. The first kappa shape index (κ1) is 29.4. The molecule has 1 saturated heterocycles. The van der Waals surface area contributed by atoms with Gasteiger partial charge in [-0.1, -0.05) is 38.3 Å². The molecule has 208 valence electrons. The van der Waals surface area contributed by atoms with Crippen molar-refractivity contribution in [2.24, 2.45) is 5.73 Å². The second kappa shape index (κ2) is 14.7. The van der Waals surface area contributed by atoms with E-state index in [1.165, 1.54) is 26.9 Å². The Morgan fingerprint density at radius 2 is 1.76 bits per heavy atom. The van der Waals surface area contributed by atoms with Gasteiger partial charge >= 0.3 is 12.5 Å². The lowest BCUT2D eigenvalue weighted by Gasteiger charge is -2.32. The molecular formula is C27H39N5O5S. The van der Waals surface area contributed by atoms with Gasteiger partial charge in [0.2, 0.25) is 10.0 Å². The maximum Gasteiger partial charge on any atom is 0.355 e. The van der Waals surface area contributed by atoms with Gasteiger partial charge in [0.1, 0.15) is 0 Å². The van der Waals surface area contributed by atoms with E-state index in [1.807, 2.05) is 12.1 Å². The first-order valence-corrected chi connectivity index (χ1v) is 14.7. The third-order valence-electron chi connectivity index (χ3n) is 6.67. The highest BCUT2D eigenvalue weighted by Gasteiger charge is 2.29. The summed E-state index contributed by atoms with van der Waals surface area (Å²) in [6.45, 7) is 4.11. The quantitative estimate of drug-likeness (QED) is 0.187. The van der Waals surface area contributed by atoms with E-state index in [0.29, 0.717) is 44.7 Å². The van der Waals surface area contributed by atoms with Crippen LogP contribution in [0.1, 0.15) is 51.0 Å². The molecule has 1 aliphatic heterocycles. The van der Waals surface area contributed by atoms with Crippen LogP contribution >= 0.6 is 0 Å². The van der Waals surface area contributed by atoms with E-state index in [0.717, 1.165) is 37.8 Å². The lowest BCUT2D eigenvalue weighted by Crippen LogP contribution is -2.42. The molecule has 0 aromatic heterocycles. The standard InChI is InChI=1S/C27H39N5O5S/c1-2-3-4-5-18-32(27(34)30-37-21-33)25-10-12-26(13-11-25)38(35,36)31-19-15-24(16-20-31)29-23-8-6-22(7-9-23)14-17-28/h6-13,21,24,29H,2-5,14-20,28H2,1H3,(H,30,34). The van der Waals surface area contributed by atoms with E-state index in [1.54, 1.807) is 12.1 Å². The molecule has 3 rings (SSSR count). The molecule has 11 heteroatoms. The summed E-state index contributed by atoms with van der Waals surface area (Å²) in [7, 11) is -3.67. The number of nitrogens with one attached hydrogen (secondary N) is 2. The fraction of sp³-hybridized carbons (Fsp3) is 0.481. The minimum Gasteiger partial charge on any atom is -0.382 e. The Balaban J connectivity index is 1.60. The topological polar surface area (TPSA) is 134 Å². The summed E-state index contributed by atoms with van der Waals surface area (Å²) in [6, 6.07) is 14.0. The summed E-state index contributed by atoms with van der Waals surface area (Å²) in [6.07, 6.45) is 6.06. The van der Waals surface area contributed by atoms with Crippen LogP contribution in [-0.2, 0) is 26.1 Å². The normalized spacial score (nSPS) is 14.6. The smallest absolute Gasteiger partial charge is 0.355 e. The number of hydrogen-bond acceptors (Lipinski definition) is 7. The summed E-state index contributed by atoms with van der Waals surface area (Å²) in [5.41, 5.74) is 10.4. The van der Waals surface area contributed by atoms with Gasteiger partial charge in [-0.25, -0.2) is 13.2 Å². The predicted molar refractivity (Wildman–Crippen MR) is 148 cm³/mol. The second-order valence-electron chi connectivity index (χ2n) is 9.39. The first-order chi connectivity index (χ1) is 18.4. The van der Waals surface area contributed by atoms with Crippen LogP contribution in [0.2, 0.25) is 0 Å². The number of hydroxylamine groups is 1. The van der Waals surface area contributed by atoms with Gasteiger partial charge in [0.25, 0.3) is 0 Å². The molecule has 38 heavy (non-hydrogen) atoms. The van der Waals surface area contributed by atoms with Crippen molar-refractivity contribution in [1.82, 2.24) is 9.79 Å². The van der Waals surface area contributed by atoms with Crippen molar-refractivity contribution in [1.29, 1.82) is 0 Å². The molecule has 0 unspecified atom stereocenters. The van der Waals surface area contributed by atoms with Gasteiger partial charge in [-0.2, -0.15) is 9.79 Å². The van der Waals surface area contributed by atoms with Crippen LogP contribution in [0, 0.1) is 0 Å². The summed E-state index contributed by atoms with van der Waals surface area (Å²) in [5, 5.41) is 3.50. The van der Waals surface area contributed by atoms with Crippen LogP contribution in [-0.4, -0.2) is 57.4 Å². The van der Waals surface area contributed by atoms with E-state index >= 15 is 0 Å². The molecule has 4 N–H and O–H groups in total. The van der Waals surface area contributed by atoms with E-state index in [4.69, 9.17) is 5.73 Å². The fourth-order valence-corrected chi connectivity index (χ4v) is 6.00. The van der Waals surface area contributed by atoms with Crippen LogP contribution in [0.3, 0.4) is 0 Å². The van der Waals surface area contributed by atoms with E-state index in [-0.39, 0.29) is 17.4 Å². The third-order valence-corrected chi connectivity index (χ3v) is 8.59. The molecule has 0 aliphatic carbocycles. The summed E-state index contributed by atoms with van der Waals surface area (Å²) >= 11 is 0. The molecule has 0 radical (unpaired) electrons. The Hall–Kier alpha value is -3.15. The number of carbonyl (C=O) groups excluding carboxylic acids is 2. The lowest BCUT2D eigenvalue weighted by molar-refractivity contribution is -0.133. The van der Waals surface area contributed by atoms with Crippen LogP contribution in [0.25, 0.3) is 0 Å². The van der Waals surface area contributed by atoms with Crippen molar-refractivity contribution in [3.63, 3.8) is 0 Å². The van der Waals surface area contributed by atoms with Crippen LogP contribution < -0.4 is 21.4 Å². The summed E-state index contributed by atoms with van der Waals surface area (Å²) in [4.78, 5) is 29.0. The van der Waals surface area contributed by atoms with Gasteiger partial charge in [-0.3, -0.25) is 9.69 Å². The Bertz CT molecular complexity index is 1120. The third kappa shape index (κ3) is 8.17. The molecule has 2 aromatic carbocycles. The van der Waals surface area contributed by atoms with Gasteiger partial charge in [-0.05, 0) is 74.2 Å². The highest BCUT2D eigenvalue weighted by Crippen LogP contribution is 2.25. The Labute approximate surface area is 225 Å². The minimum atomic E-state index is -3.67. The van der Waals surface area contributed by atoms with E-state index in [2.05, 4.69) is 34.7 Å². The SMILES string of the molecule is CCCCCCN(C(=O)NOC=O)c1ccc(S(=O)(=O)N2CCC(Nc3ccc(CCN)cc3)CC2)cc1. The molecule has 1 aliphatic rings. The zero-order valence-electron chi connectivity index (χ0n) is 22.0. The average Bonchev–Trinajstić information content (AvgIpc) is 2.93.